The Hall–Kier alpha value is -1.32. The fourth-order valence-corrected chi connectivity index (χ4v) is 5.30. The van der Waals surface area contributed by atoms with E-state index in [1.807, 2.05) is 13.1 Å². The lowest BCUT2D eigenvalue weighted by Crippen LogP contribution is -2.60. The van der Waals surface area contributed by atoms with Gasteiger partial charge in [0, 0.05) is 11.7 Å². The van der Waals surface area contributed by atoms with E-state index >= 15 is 0 Å². The molecule has 1 aromatic heterocycles. The molecule has 4 heteroatoms. The third-order valence-electron chi connectivity index (χ3n) is 5.51. The molecule has 20 heavy (non-hydrogen) atoms. The van der Waals surface area contributed by atoms with E-state index in [9.17, 15) is 4.79 Å². The van der Waals surface area contributed by atoms with Gasteiger partial charge in [-0.25, -0.2) is 0 Å². The molecular weight excluding hydrogens is 250 g/mol. The molecule has 0 spiro atoms. The van der Waals surface area contributed by atoms with E-state index in [0.717, 1.165) is 23.3 Å². The summed E-state index contributed by atoms with van der Waals surface area (Å²) in [5.41, 5.74) is 1.22. The van der Waals surface area contributed by atoms with Gasteiger partial charge in [0.05, 0.1) is 6.20 Å². The molecule has 4 bridgehead atoms. The normalized spacial score (nSPS) is 38.1. The van der Waals surface area contributed by atoms with E-state index in [4.69, 9.17) is 0 Å². The number of carbonyl (C=O) groups excluding carboxylic acids is 1. The van der Waals surface area contributed by atoms with Crippen LogP contribution in [0.15, 0.2) is 12.4 Å². The van der Waals surface area contributed by atoms with Crippen LogP contribution >= 0.6 is 0 Å². The first kappa shape index (κ1) is 12.4. The Morgan fingerprint density at radius 3 is 2.40 bits per heavy atom. The molecule has 0 unspecified atom stereocenters. The molecule has 0 aliphatic heterocycles. The highest BCUT2D eigenvalue weighted by Crippen LogP contribution is 2.55. The van der Waals surface area contributed by atoms with Crippen molar-refractivity contribution >= 4 is 5.91 Å². The van der Waals surface area contributed by atoms with Gasteiger partial charge < -0.3 is 5.32 Å². The highest BCUT2D eigenvalue weighted by molar-refractivity contribution is 5.76. The molecule has 4 aliphatic carbocycles. The average Bonchev–Trinajstić information content (AvgIpc) is 2.71. The Bertz CT molecular complexity index is 498. The Morgan fingerprint density at radius 1 is 1.30 bits per heavy atom. The van der Waals surface area contributed by atoms with E-state index in [0.29, 0.717) is 6.54 Å². The Balaban J connectivity index is 1.44. The van der Waals surface area contributed by atoms with Crippen molar-refractivity contribution < 1.29 is 4.79 Å². The standard InChI is InChI=1S/C16H23N3O/c1-11-8-17-19(9-11)10-15(20)18-16-5-12-2-13(6-16)4-14(3-12)7-16/h8-9,12-14H,2-7,10H2,1H3,(H,18,20). The third kappa shape index (κ3) is 2.15. The maximum Gasteiger partial charge on any atom is 0.242 e. The molecule has 1 aromatic rings. The van der Waals surface area contributed by atoms with Crippen LogP contribution in [-0.4, -0.2) is 21.2 Å². The van der Waals surface area contributed by atoms with Gasteiger partial charge in [0.15, 0.2) is 0 Å². The molecule has 1 N–H and O–H groups in total. The average molecular weight is 273 g/mol. The molecule has 1 amide bonds. The van der Waals surface area contributed by atoms with Gasteiger partial charge in [0.1, 0.15) is 6.54 Å². The first-order valence-electron chi connectivity index (χ1n) is 7.90. The lowest BCUT2D eigenvalue weighted by molar-refractivity contribution is -0.127. The molecule has 108 valence electrons. The zero-order valence-electron chi connectivity index (χ0n) is 12.1. The van der Waals surface area contributed by atoms with Gasteiger partial charge in [0.25, 0.3) is 0 Å². The third-order valence-corrected chi connectivity index (χ3v) is 5.51. The van der Waals surface area contributed by atoms with E-state index < -0.39 is 0 Å². The first-order valence-corrected chi connectivity index (χ1v) is 7.90. The molecule has 4 nitrogen and oxygen atoms in total. The van der Waals surface area contributed by atoms with Crippen molar-refractivity contribution in [1.29, 1.82) is 0 Å². The smallest absolute Gasteiger partial charge is 0.242 e. The molecule has 4 fully saturated rings. The summed E-state index contributed by atoms with van der Waals surface area (Å²) in [6.07, 6.45) is 11.6. The molecule has 0 atom stereocenters. The van der Waals surface area contributed by atoms with Gasteiger partial charge in [0.2, 0.25) is 5.91 Å². The van der Waals surface area contributed by atoms with Gasteiger partial charge in [-0.1, -0.05) is 0 Å². The lowest BCUT2D eigenvalue weighted by Gasteiger charge is -2.56. The maximum atomic E-state index is 12.3. The van der Waals surface area contributed by atoms with Crippen LogP contribution < -0.4 is 5.32 Å². The van der Waals surface area contributed by atoms with E-state index in [1.165, 1.54) is 38.5 Å². The van der Waals surface area contributed by atoms with Crippen LogP contribution in [0.3, 0.4) is 0 Å². The number of carbonyl (C=O) groups is 1. The number of rotatable bonds is 3. The summed E-state index contributed by atoms with van der Waals surface area (Å²) in [7, 11) is 0. The number of aryl methyl sites for hydroxylation is 1. The zero-order valence-corrected chi connectivity index (χ0v) is 12.1. The minimum atomic E-state index is 0.119. The predicted octanol–water partition coefficient (Wildman–Crippen LogP) is 2.28. The number of nitrogens with zero attached hydrogens (tertiary/aromatic N) is 2. The SMILES string of the molecule is Cc1cnn(CC(=O)NC23CC4CC(CC(C4)C2)C3)c1. The quantitative estimate of drug-likeness (QED) is 0.918. The summed E-state index contributed by atoms with van der Waals surface area (Å²) in [5.74, 6) is 2.74. The van der Waals surface area contributed by atoms with Gasteiger partial charge in [-0.15, -0.1) is 0 Å². The first-order chi connectivity index (χ1) is 9.60. The second-order valence-electron chi connectivity index (χ2n) is 7.46. The second kappa shape index (κ2) is 4.34. The molecule has 4 aliphatic rings. The molecule has 0 aromatic carbocycles. The Morgan fingerprint density at radius 2 is 1.90 bits per heavy atom. The number of aromatic nitrogens is 2. The number of hydrogen-bond acceptors (Lipinski definition) is 2. The van der Waals surface area contributed by atoms with Crippen LogP contribution in [-0.2, 0) is 11.3 Å². The molecule has 4 saturated carbocycles. The second-order valence-corrected chi connectivity index (χ2v) is 7.46. The van der Waals surface area contributed by atoms with Crippen molar-refractivity contribution in [3.05, 3.63) is 18.0 Å². The van der Waals surface area contributed by atoms with Crippen LogP contribution in [0.5, 0.6) is 0 Å². The molecule has 0 saturated heterocycles. The molecule has 5 rings (SSSR count). The zero-order chi connectivity index (χ0) is 13.7. The number of hydrogen-bond donors (Lipinski definition) is 1. The van der Waals surface area contributed by atoms with Gasteiger partial charge in [-0.2, -0.15) is 5.10 Å². The molecule has 1 heterocycles. The van der Waals surface area contributed by atoms with Crippen LogP contribution in [0, 0.1) is 24.7 Å². The fraction of sp³-hybridized carbons (Fsp3) is 0.750. The van der Waals surface area contributed by atoms with E-state index in [1.54, 1.807) is 10.9 Å². The Kier molecular flexibility index (Phi) is 2.69. The summed E-state index contributed by atoms with van der Waals surface area (Å²) in [6.45, 7) is 2.36. The van der Waals surface area contributed by atoms with Crippen LogP contribution in [0.4, 0.5) is 0 Å². The summed E-state index contributed by atoms with van der Waals surface area (Å²) in [5, 5.41) is 7.59. The maximum absolute atomic E-state index is 12.3. The van der Waals surface area contributed by atoms with E-state index in [-0.39, 0.29) is 11.4 Å². The van der Waals surface area contributed by atoms with Crippen molar-refractivity contribution in [2.45, 2.75) is 57.5 Å². The molecular formula is C16H23N3O. The summed E-state index contributed by atoms with van der Waals surface area (Å²) < 4.78 is 1.74. The van der Waals surface area contributed by atoms with Crippen molar-refractivity contribution in [2.24, 2.45) is 17.8 Å². The van der Waals surface area contributed by atoms with Crippen molar-refractivity contribution in [3.8, 4) is 0 Å². The summed E-state index contributed by atoms with van der Waals surface area (Å²) >= 11 is 0. The largest absolute Gasteiger partial charge is 0.349 e. The lowest BCUT2D eigenvalue weighted by atomic mass is 9.53. The topological polar surface area (TPSA) is 46.9 Å². The van der Waals surface area contributed by atoms with Crippen LogP contribution in [0.1, 0.15) is 44.1 Å². The Labute approximate surface area is 119 Å². The van der Waals surface area contributed by atoms with Crippen molar-refractivity contribution in [2.75, 3.05) is 0 Å². The highest BCUT2D eigenvalue weighted by atomic mass is 16.2. The van der Waals surface area contributed by atoms with Crippen LogP contribution in [0.2, 0.25) is 0 Å². The van der Waals surface area contributed by atoms with Gasteiger partial charge in [-0.05, 0) is 68.8 Å². The predicted molar refractivity (Wildman–Crippen MR) is 76.0 cm³/mol. The number of nitrogens with one attached hydrogen (secondary N) is 1. The molecule has 0 radical (unpaired) electrons. The van der Waals surface area contributed by atoms with Crippen LogP contribution in [0.25, 0.3) is 0 Å². The van der Waals surface area contributed by atoms with Gasteiger partial charge in [-0.3, -0.25) is 9.48 Å². The van der Waals surface area contributed by atoms with Crippen molar-refractivity contribution in [1.82, 2.24) is 15.1 Å². The fourth-order valence-electron chi connectivity index (χ4n) is 5.30. The summed E-state index contributed by atoms with van der Waals surface area (Å²) in [4.78, 5) is 12.3. The summed E-state index contributed by atoms with van der Waals surface area (Å²) in [6, 6.07) is 0. The number of amides is 1. The van der Waals surface area contributed by atoms with Gasteiger partial charge >= 0.3 is 0 Å². The highest BCUT2D eigenvalue weighted by Gasteiger charge is 2.51. The minimum Gasteiger partial charge on any atom is -0.349 e. The monoisotopic (exact) mass is 273 g/mol. The van der Waals surface area contributed by atoms with E-state index in [2.05, 4.69) is 10.4 Å². The minimum absolute atomic E-state index is 0.119. The van der Waals surface area contributed by atoms with Crippen molar-refractivity contribution in [3.63, 3.8) is 0 Å².